The molecule has 10 atom stereocenters. The number of aryl methyl sites for hydroxylation is 3. The second-order valence-electron chi connectivity index (χ2n) is 23.3. The number of carbonyl (C=O) groups is 3. The van der Waals surface area contributed by atoms with Gasteiger partial charge in [0, 0.05) is 98.5 Å². The fourth-order valence-electron chi connectivity index (χ4n) is 14.8. The third-order valence-electron chi connectivity index (χ3n) is 18.6. The number of piperidine rings is 1. The lowest BCUT2D eigenvalue weighted by atomic mass is 9.98. The van der Waals surface area contributed by atoms with Crippen molar-refractivity contribution in [1.82, 2.24) is 28.4 Å². The number of hydrogen-bond acceptors (Lipinski definition) is 12. The van der Waals surface area contributed by atoms with Gasteiger partial charge in [-0.2, -0.15) is 15.8 Å². The van der Waals surface area contributed by atoms with Crippen LogP contribution in [0.15, 0.2) is 78.9 Å². The number of carbonyl (C=O) groups excluding carboxylic acids is 3. The number of hydrogen-bond donors (Lipinski definition) is 2. The predicted octanol–water partition coefficient (Wildman–Crippen LogP) is 8.92. The zero-order valence-corrected chi connectivity index (χ0v) is 46.6. The van der Waals surface area contributed by atoms with Crippen LogP contribution in [0, 0.1) is 87.2 Å². The molecule has 8 aliphatic heterocycles. The highest BCUT2D eigenvalue weighted by Crippen LogP contribution is 2.46. The van der Waals surface area contributed by atoms with Crippen LogP contribution in [0.5, 0.6) is 0 Å². The number of rotatable bonds is 12. The van der Waals surface area contributed by atoms with Gasteiger partial charge in [-0.25, -0.2) is 8.78 Å². The Morgan fingerprint density at radius 2 is 1.00 bits per heavy atom. The number of aliphatic hydroxyl groups excluding tert-OH is 2. The summed E-state index contributed by atoms with van der Waals surface area (Å²) >= 11 is 0. The van der Waals surface area contributed by atoms with Crippen molar-refractivity contribution >= 4 is 17.3 Å². The highest BCUT2D eigenvalue weighted by atomic mass is 19.1. The van der Waals surface area contributed by atoms with E-state index < -0.39 is 11.6 Å². The van der Waals surface area contributed by atoms with E-state index in [1.165, 1.54) is 18.2 Å². The van der Waals surface area contributed by atoms with Crippen LogP contribution in [0.1, 0.15) is 140 Å². The molecule has 0 aliphatic carbocycles. The minimum atomic E-state index is -0.571. The monoisotopic (exact) mass is 1100 g/mol. The fourth-order valence-corrected chi connectivity index (χ4v) is 14.8. The Hall–Kier alpha value is -7.40. The summed E-state index contributed by atoms with van der Waals surface area (Å²) < 4.78 is 40.2. The first kappa shape index (κ1) is 55.5. The smallest absolute Gasteiger partial charge is 0.178 e. The fraction of sp³-hybridized carbons (Fsp3) is 0.438. The number of aromatic nitrogens is 3. The molecule has 8 saturated heterocycles. The number of ketones is 3. The maximum absolute atomic E-state index is 14.5. The zero-order valence-electron chi connectivity index (χ0n) is 46.6. The van der Waals surface area contributed by atoms with Crippen LogP contribution in [0.2, 0.25) is 0 Å². The summed E-state index contributed by atoms with van der Waals surface area (Å²) in [6.07, 6.45) is 8.79. The first-order valence-corrected chi connectivity index (χ1v) is 28.2. The number of benzene rings is 3. The number of nitrogens with zero attached hydrogens (tertiary/aromatic N) is 9. The van der Waals surface area contributed by atoms with Gasteiger partial charge >= 0.3 is 0 Å². The summed E-state index contributed by atoms with van der Waals surface area (Å²) in [5, 5.41) is 47.0. The van der Waals surface area contributed by atoms with Gasteiger partial charge in [-0.05, 0) is 178 Å². The van der Waals surface area contributed by atoms with Gasteiger partial charge in [0.25, 0.3) is 0 Å². The zero-order chi connectivity index (χ0) is 57.3. The van der Waals surface area contributed by atoms with Crippen LogP contribution in [-0.4, -0.2) is 136 Å². The summed E-state index contributed by atoms with van der Waals surface area (Å²) in [5.41, 5.74) is 9.87. The van der Waals surface area contributed by atoms with Crippen LogP contribution >= 0.6 is 0 Å². The van der Waals surface area contributed by atoms with E-state index in [1.807, 2.05) is 94.6 Å². The minimum Gasteiger partial charge on any atom is -0.391 e. The van der Waals surface area contributed by atoms with Crippen molar-refractivity contribution in [1.29, 1.82) is 15.8 Å². The summed E-state index contributed by atoms with van der Waals surface area (Å²) in [5.74, 6) is -0.851. The molecule has 0 saturated carbocycles. The summed E-state index contributed by atoms with van der Waals surface area (Å²) in [6, 6.07) is 29.5. The normalized spacial score (nSPS) is 25.8. The lowest BCUT2D eigenvalue weighted by molar-refractivity contribution is 0.00343. The Bertz CT molecular complexity index is 3610. The van der Waals surface area contributed by atoms with Gasteiger partial charge in [0.15, 0.2) is 17.3 Å². The average molecular weight is 1100 g/mol. The predicted molar refractivity (Wildman–Crippen MR) is 298 cm³/mol. The molecular weight excluding hydrogens is 1030 g/mol. The van der Waals surface area contributed by atoms with Crippen molar-refractivity contribution in [2.45, 2.75) is 160 Å². The van der Waals surface area contributed by atoms with Crippen molar-refractivity contribution in [2.24, 2.45) is 0 Å². The molecule has 3 aromatic carbocycles. The summed E-state index contributed by atoms with van der Waals surface area (Å²) in [4.78, 5) is 45.7. The highest BCUT2D eigenvalue weighted by molar-refractivity contribution is 6.00. The minimum absolute atomic E-state index is 0.000536. The Morgan fingerprint density at radius 3 is 1.46 bits per heavy atom. The van der Waals surface area contributed by atoms with E-state index in [2.05, 4.69) is 25.3 Å². The van der Waals surface area contributed by atoms with E-state index >= 15 is 0 Å². The maximum atomic E-state index is 14.5. The molecule has 8 fully saturated rings. The molecule has 0 spiro atoms. The highest BCUT2D eigenvalue weighted by Gasteiger charge is 2.54. The number of halogens is 2. The number of Topliss-reactive ketones (excluding diaryl/α,β-unsaturated/α-hetero) is 3. The molecule has 11 heterocycles. The van der Waals surface area contributed by atoms with Gasteiger partial charge in [-0.1, -0.05) is 0 Å². The third-order valence-corrected chi connectivity index (χ3v) is 18.6. The molecule has 81 heavy (non-hydrogen) atoms. The van der Waals surface area contributed by atoms with Gasteiger partial charge in [0.2, 0.25) is 0 Å². The summed E-state index contributed by atoms with van der Waals surface area (Å²) in [7, 11) is 0. The lowest BCUT2D eigenvalue weighted by Crippen LogP contribution is -2.45. The van der Waals surface area contributed by atoms with Crippen molar-refractivity contribution < 1.29 is 38.1 Å². The van der Waals surface area contributed by atoms with Gasteiger partial charge in [0.1, 0.15) is 17.7 Å². The first-order chi connectivity index (χ1) is 38.8. The van der Waals surface area contributed by atoms with Crippen LogP contribution in [-0.2, 0) is 4.74 Å². The van der Waals surface area contributed by atoms with Crippen LogP contribution in [0.25, 0.3) is 17.1 Å². The Balaban J connectivity index is 0.000000128. The number of fused-ring (bicyclic) bond motifs is 4. The maximum Gasteiger partial charge on any atom is 0.178 e. The molecule has 14 rings (SSSR count). The molecule has 6 aromatic rings. The second kappa shape index (κ2) is 22.2. The van der Waals surface area contributed by atoms with Crippen molar-refractivity contribution in [3.8, 4) is 35.3 Å². The molecular formula is C64H67F2N9O6. The standard InChI is InChI=1S/C22H23N3O2.2C21H22FN3O2/c1-13-7-19(14(2)25(13)16-5-3-15(11-23)4-6-16)21(26)12-24-17-8-18-10-20(24)22(9-17)27-18;1-12-7-16(21(27)11-24-15-4-6-19(24)20(26)9-15)13(2)25(12)18-5-3-14(10-23)8-17(18)22;1-12-7-17(21(27)11-24-15-5-6-19(24)20(26)9-15)13(2)25(12)16-4-3-14(10-23)18(22)8-16/h3-7,17-18,20,22H,8-10,12H2,1-2H3;3,5,7-8,15,19-20,26H,4,6,9,11H2,1-2H3;3-4,7-8,15,19-20,26H,5-6,9,11H2,1-2H3/t17-,18?,20-,22?;2*15?,19?,20-/m000/s1. The lowest BCUT2D eigenvalue weighted by Gasteiger charge is -2.34. The molecule has 3 aromatic heterocycles. The Labute approximate surface area is 470 Å². The molecule has 418 valence electrons. The van der Waals surface area contributed by atoms with Crippen molar-refractivity contribution in [2.75, 3.05) is 19.6 Å². The van der Waals surface area contributed by atoms with E-state index in [0.717, 1.165) is 97.5 Å². The van der Waals surface area contributed by atoms with Crippen molar-refractivity contribution in [3.05, 3.63) is 158 Å². The van der Waals surface area contributed by atoms with E-state index in [9.17, 15) is 33.4 Å². The molecule has 17 heteroatoms. The topological polar surface area (TPSA) is 197 Å². The van der Waals surface area contributed by atoms with E-state index in [-0.39, 0.29) is 65.4 Å². The van der Waals surface area contributed by atoms with Crippen LogP contribution < -0.4 is 0 Å². The van der Waals surface area contributed by atoms with Gasteiger partial charge in [-0.3, -0.25) is 29.1 Å². The molecule has 8 aliphatic rings. The Kier molecular flexibility index (Phi) is 15.2. The largest absolute Gasteiger partial charge is 0.391 e. The number of nitriles is 3. The van der Waals surface area contributed by atoms with Gasteiger partial charge in [0.05, 0.1) is 78.6 Å². The van der Waals surface area contributed by atoms with E-state index in [0.29, 0.717) is 77.2 Å². The van der Waals surface area contributed by atoms with Gasteiger partial charge < -0.3 is 28.7 Å². The molecule has 2 N–H and O–H groups in total. The SMILES string of the molecule is Cc1cc(C(=O)CN2C3CCC2[C@@H](O)C3)c(C)n1-c1ccc(C#N)c(F)c1.Cc1cc(C(=O)CN2C3CCC2[C@@H](O)C3)c(C)n1-c1ccc(C#N)cc1F.Cc1cc(C(=O)CN2[C@H]3CC4C[C@H]2C(C3)O4)c(C)n1-c1ccc(C#N)cc1. The second-order valence-corrected chi connectivity index (χ2v) is 23.3. The average Bonchev–Trinajstić information content (AvgIpc) is 4.54. The van der Waals surface area contributed by atoms with Crippen LogP contribution in [0.4, 0.5) is 8.78 Å². The number of aliphatic hydroxyl groups is 2. The Morgan fingerprint density at radius 1 is 0.519 bits per heavy atom. The third kappa shape index (κ3) is 10.2. The van der Waals surface area contributed by atoms with Crippen LogP contribution in [0.3, 0.4) is 0 Å². The molecule has 15 nitrogen and oxygen atoms in total. The van der Waals surface area contributed by atoms with Crippen molar-refractivity contribution in [3.63, 3.8) is 0 Å². The molecule has 6 unspecified atom stereocenters. The quantitative estimate of drug-likeness (QED) is 0.111. The first-order valence-electron chi connectivity index (χ1n) is 28.2. The van der Waals surface area contributed by atoms with Gasteiger partial charge in [-0.15, -0.1) is 0 Å². The summed E-state index contributed by atoms with van der Waals surface area (Å²) in [6.45, 7) is 12.5. The number of ether oxygens (including phenoxy) is 1. The molecule has 0 radical (unpaired) electrons. The van der Waals surface area contributed by atoms with E-state index in [1.54, 1.807) is 28.8 Å². The molecule has 0 amide bonds. The van der Waals surface area contributed by atoms with E-state index in [4.69, 9.17) is 20.5 Å². The molecule has 8 bridgehead atoms.